The molecule has 0 aliphatic heterocycles. The van der Waals surface area contributed by atoms with Gasteiger partial charge in [-0.1, -0.05) is 0 Å². The highest BCUT2D eigenvalue weighted by Crippen LogP contribution is 2.30. The molecule has 0 aliphatic carbocycles. The Morgan fingerprint density at radius 1 is 1.40 bits per heavy atom. The van der Waals surface area contributed by atoms with E-state index in [-0.39, 0.29) is 0 Å². The van der Waals surface area contributed by atoms with Crippen LogP contribution >= 0.6 is 0 Å². The topological polar surface area (TPSA) is 68.4 Å². The zero-order valence-electron chi connectivity index (χ0n) is 9.88. The Morgan fingerprint density at radius 2 is 2.00 bits per heavy atom. The van der Waals surface area contributed by atoms with Crippen molar-refractivity contribution < 1.29 is 36.2 Å². The number of hydrogen-bond acceptors (Lipinski definition) is 4. The zero-order chi connectivity index (χ0) is 15.5. The second-order valence-electron chi connectivity index (χ2n) is 3.51. The number of ether oxygens (including phenoxy) is 2. The highest BCUT2D eigenvalue weighted by atomic mass is 19.4. The first-order valence-corrected chi connectivity index (χ1v) is 5.01. The van der Waals surface area contributed by atoms with Crippen LogP contribution < -0.4 is 10.3 Å². The average Bonchev–Trinajstić information content (AvgIpc) is 2.29. The van der Waals surface area contributed by atoms with Crippen LogP contribution in [-0.4, -0.2) is 24.4 Å². The molecule has 1 aromatic heterocycles. The zero-order valence-corrected chi connectivity index (χ0v) is 9.88. The molecule has 0 radical (unpaired) electrons. The molecule has 0 unspecified atom stereocenters. The number of hydrogen-bond donors (Lipinski definition) is 1. The fourth-order valence-electron chi connectivity index (χ4n) is 1.30. The van der Waals surface area contributed by atoms with Gasteiger partial charge >= 0.3 is 12.3 Å². The van der Waals surface area contributed by atoms with Crippen LogP contribution in [0.3, 0.4) is 0 Å². The van der Waals surface area contributed by atoms with Gasteiger partial charge in [-0.05, 0) is 6.07 Å². The van der Waals surface area contributed by atoms with Crippen LogP contribution in [0.2, 0.25) is 0 Å². The molecule has 20 heavy (non-hydrogen) atoms. The normalized spacial score (nSPS) is 11.6. The lowest BCUT2D eigenvalue weighted by Crippen LogP contribution is -2.24. The molecule has 0 atom stereocenters. The number of methoxy groups -OCH3 is 1. The number of H-pyrrole nitrogens is 1. The Kier molecular flexibility index (Phi) is 4.69. The van der Waals surface area contributed by atoms with Crippen LogP contribution in [0.25, 0.3) is 0 Å². The summed E-state index contributed by atoms with van der Waals surface area (Å²) in [6.45, 7) is 0. The van der Waals surface area contributed by atoms with Crippen molar-refractivity contribution in [3.63, 3.8) is 0 Å². The summed E-state index contributed by atoms with van der Waals surface area (Å²) < 4.78 is 68.9. The number of aromatic amines is 1. The molecule has 5 nitrogen and oxygen atoms in total. The van der Waals surface area contributed by atoms with Gasteiger partial charge in [0.1, 0.15) is 0 Å². The van der Waals surface area contributed by atoms with Crippen molar-refractivity contribution in [2.24, 2.45) is 0 Å². The Labute approximate surface area is 108 Å². The summed E-state index contributed by atoms with van der Waals surface area (Å²) in [7, 11) is 1.01. The summed E-state index contributed by atoms with van der Waals surface area (Å²) in [4.78, 5) is 23.9. The molecule has 1 heterocycles. The van der Waals surface area contributed by atoms with E-state index < -0.39 is 47.7 Å². The van der Waals surface area contributed by atoms with Crippen LogP contribution in [-0.2, 0) is 16.0 Å². The molecule has 0 aliphatic rings. The van der Waals surface area contributed by atoms with Gasteiger partial charge in [0.25, 0.3) is 12.0 Å². The molecule has 10 heteroatoms. The highest BCUT2D eigenvalue weighted by molar-refractivity contribution is 5.72. The summed E-state index contributed by atoms with van der Waals surface area (Å²) in [5, 5.41) is 0. The number of pyridine rings is 1. The fourth-order valence-corrected chi connectivity index (χ4v) is 1.30. The maximum absolute atomic E-state index is 12.6. The Balaban J connectivity index is 3.25. The predicted octanol–water partition coefficient (Wildman–Crippen LogP) is 1.93. The minimum atomic E-state index is -5.24. The summed E-state index contributed by atoms with van der Waals surface area (Å²) in [6.07, 6.45) is -9.23. The third-order valence-corrected chi connectivity index (χ3v) is 2.13. The number of carbonyl (C=O) groups excluding carboxylic acids is 1. The maximum atomic E-state index is 12.6. The van der Waals surface area contributed by atoms with E-state index in [1.165, 1.54) is 4.98 Å². The molecule has 112 valence electrons. The first-order valence-electron chi connectivity index (χ1n) is 5.01. The van der Waals surface area contributed by atoms with Crippen molar-refractivity contribution in [1.82, 2.24) is 4.98 Å². The number of esters is 1. The van der Waals surface area contributed by atoms with Gasteiger partial charge in [-0.2, -0.15) is 0 Å². The van der Waals surface area contributed by atoms with Gasteiger partial charge in [-0.15, -0.1) is 13.2 Å². The maximum Gasteiger partial charge on any atom is 0.574 e. The van der Waals surface area contributed by atoms with E-state index in [9.17, 15) is 31.5 Å². The number of rotatable bonds is 4. The van der Waals surface area contributed by atoms with E-state index in [0.717, 1.165) is 7.11 Å². The van der Waals surface area contributed by atoms with Gasteiger partial charge in [0, 0.05) is 5.56 Å². The van der Waals surface area contributed by atoms with E-state index in [2.05, 4.69) is 9.47 Å². The quantitative estimate of drug-likeness (QED) is 0.681. The monoisotopic (exact) mass is 301 g/mol. The minimum absolute atomic E-state index is 0.457. The SMILES string of the molecule is COC(=O)Cc1cc(C(F)F)c(OC(F)(F)F)[nH]c1=O. The number of carbonyl (C=O) groups is 1. The number of nitrogens with one attached hydrogen (secondary N) is 1. The largest absolute Gasteiger partial charge is 0.574 e. The lowest BCUT2D eigenvalue weighted by molar-refractivity contribution is -0.276. The van der Waals surface area contributed by atoms with E-state index in [4.69, 9.17) is 0 Å². The van der Waals surface area contributed by atoms with Crippen molar-refractivity contribution in [1.29, 1.82) is 0 Å². The predicted molar refractivity (Wildman–Crippen MR) is 54.4 cm³/mol. The van der Waals surface area contributed by atoms with Gasteiger partial charge in [0.15, 0.2) is 0 Å². The van der Waals surface area contributed by atoms with Gasteiger partial charge < -0.3 is 9.47 Å². The van der Waals surface area contributed by atoms with E-state index in [1.807, 2.05) is 0 Å². The molecule has 0 aromatic carbocycles. The first kappa shape index (κ1) is 15.9. The molecule has 1 aromatic rings. The molecule has 0 fully saturated rings. The van der Waals surface area contributed by atoms with Crippen molar-refractivity contribution in [2.45, 2.75) is 19.2 Å². The molecular formula is C10H8F5NO4. The van der Waals surface area contributed by atoms with Gasteiger partial charge in [-0.25, -0.2) is 8.78 Å². The molecule has 1 rings (SSSR count). The average molecular weight is 301 g/mol. The summed E-state index contributed by atoms with van der Waals surface area (Å²) in [5.74, 6) is -2.31. The fraction of sp³-hybridized carbons (Fsp3) is 0.400. The Bertz CT molecular complexity index is 552. The Hall–Kier alpha value is -2.13. The molecular weight excluding hydrogens is 293 g/mol. The van der Waals surface area contributed by atoms with E-state index in [0.29, 0.717) is 6.07 Å². The molecule has 0 bridgehead atoms. The van der Waals surface area contributed by atoms with Gasteiger partial charge in [0.2, 0.25) is 5.88 Å². The molecule has 0 amide bonds. The Morgan fingerprint density at radius 3 is 2.45 bits per heavy atom. The lowest BCUT2D eigenvalue weighted by atomic mass is 10.1. The third kappa shape index (κ3) is 4.21. The lowest BCUT2D eigenvalue weighted by Gasteiger charge is -2.13. The van der Waals surface area contributed by atoms with Crippen LogP contribution in [0.4, 0.5) is 22.0 Å². The number of aromatic nitrogens is 1. The summed E-state index contributed by atoms with van der Waals surface area (Å²) >= 11 is 0. The van der Waals surface area contributed by atoms with Crippen molar-refractivity contribution in [2.75, 3.05) is 7.11 Å². The van der Waals surface area contributed by atoms with Crippen LogP contribution in [0, 0.1) is 0 Å². The van der Waals surface area contributed by atoms with Crippen LogP contribution in [0.1, 0.15) is 17.6 Å². The van der Waals surface area contributed by atoms with E-state index >= 15 is 0 Å². The summed E-state index contributed by atoms with van der Waals surface area (Å²) in [5.41, 5.74) is -2.79. The van der Waals surface area contributed by atoms with Crippen molar-refractivity contribution in [3.05, 3.63) is 27.5 Å². The van der Waals surface area contributed by atoms with Crippen LogP contribution in [0.15, 0.2) is 10.9 Å². The van der Waals surface area contributed by atoms with Gasteiger partial charge in [0.05, 0.1) is 19.1 Å². The number of alkyl halides is 5. The first-order chi connectivity index (χ1) is 9.14. The third-order valence-electron chi connectivity index (χ3n) is 2.13. The molecule has 0 spiro atoms. The second kappa shape index (κ2) is 5.88. The number of halogens is 5. The van der Waals surface area contributed by atoms with Crippen LogP contribution in [0.5, 0.6) is 5.88 Å². The van der Waals surface area contributed by atoms with Crippen molar-refractivity contribution in [3.8, 4) is 5.88 Å². The molecule has 0 saturated heterocycles. The highest BCUT2D eigenvalue weighted by Gasteiger charge is 2.34. The van der Waals surface area contributed by atoms with Gasteiger partial charge in [-0.3, -0.25) is 14.6 Å². The molecule has 1 N–H and O–H groups in total. The summed E-state index contributed by atoms with van der Waals surface area (Å²) in [6, 6.07) is 0.474. The van der Waals surface area contributed by atoms with E-state index in [1.54, 1.807) is 0 Å². The smallest absolute Gasteiger partial charge is 0.469 e. The van der Waals surface area contributed by atoms with Crippen molar-refractivity contribution >= 4 is 5.97 Å². The second-order valence-corrected chi connectivity index (χ2v) is 3.51. The molecule has 0 saturated carbocycles. The minimum Gasteiger partial charge on any atom is -0.469 e. The standard InChI is InChI=1S/C10H8F5NO4/c1-19-6(17)3-4-2-5(7(11)12)9(16-8(4)18)20-10(13,14)15/h2,7H,3H2,1H3,(H,16,18).